The van der Waals surface area contributed by atoms with E-state index in [1.54, 1.807) is 7.11 Å². The number of benzene rings is 2. The molecule has 0 amide bonds. The molecule has 7 heteroatoms. The topological polar surface area (TPSA) is 65.7 Å². The van der Waals surface area contributed by atoms with Gasteiger partial charge in [-0.25, -0.2) is 0 Å². The maximum Gasteiger partial charge on any atom is 0.291 e. The van der Waals surface area contributed by atoms with Gasteiger partial charge in [-0.1, -0.05) is 23.5 Å². The Labute approximate surface area is 159 Å². The van der Waals surface area contributed by atoms with E-state index in [9.17, 15) is 4.79 Å². The molecule has 0 saturated heterocycles. The van der Waals surface area contributed by atoms with Crippen molar-refractivity contribution in [2.24, 2.45) is 0 Å². The van der Waals surface area contributed by atoms with Crippen LogP contribution < -0.4 is 19.6 Å². The number of nitrogens with zero attached hydrogens (tertiary/aromatic N) is 3. The van der Waals surface area contributed by atoms with Crippen LogP contribution in [0.5, 0.6) is 11.5 Å². The smallest absolute Gasteiger partial charge is 0.291 e. The summed E-state index contributed by atoms with van der Waals surface area (Å²) in [5.74, 6) is 2.06. The number of ether oxygens (including phenoxy) is 2. The van der Waals surface area contributed by atoms with Crippen LogP contribution in [-0.2, 0) is 0 Å². The Morgan fingerprint density at radius 2 is 1.96 bits per heavy atom. The molecule has 0 aliphatic rings. The molecule has 0 aliphatic carbocycles. The number of fused-ring (bicyclic) bond motifs is 1. The van der Waals surface area contributed by atoms with E-state index in [4.69, 9.17) is 9.47 Å². The van der Waals surface area contributed by atoms with Gasteiger partial charge in [0, 0.05) is 5.56 Å². The van der Waals surface area contributed by atoms with Crippen LogP contribution in [0.15, 0.2) is 53.3 Å². The Morgan fingerprint density at radius 1 is 1.15 bits per heavy atom. The number of thiazole rings is 1. The highest BCUT2D eigenvalue weighted by Crippen LogP contribution is 2.20. The molecule has 0 bridgehead atoms. The summed E-state index contributed by atoms with van der Waals surface area (Å²) >= 11 is 1.31. The normalized spacial score (nSPS) is 11.9. The van der Waals surface area contributed by atoms with Crippen LogP contribution in [0.1, 0.15) is 12.5 Å². The standard InChI is InChI=1S/C20H17N3O3S/c1-3-26-15-9-7-14(8-10-15)18-21-20-23(22-18)19(24)17(27-20)12-13-5-4-6-16(11-13)25-2/h4-12H,3H2,1-2H3. The summed E-state index contributed by atoms with van der Waals surface area (Å²) in [5.41, 5.74) is 1.55. The van der Waals surface area contributed by atoms with Crippen molar-refractivity contribution in [2.45, 2.75) is 6.92 Å². The van der Waals surface area contributed by atoms with Crippen molar-refractivity contribution in [3.05, 3.63) is 69.0 Å². The fourth-order valence-electron chi connectivity index (χ4n) is 2.71. The Morgan fingerprint density at radius 3 is 2.67 bits per heavy atom. The van der Waals surface area contributed by atoms with Gasteiger partial charge in [0.1, 0.15) is 11.5 Å². The maximum absolute atomic E-state index is 12.7. The maximum atomic E-state index is 12.7. The Kier molecular flexibility index (Phi) is 4.60. The van der Waals surface area contributed by atoms with Gasteiger partial charge in [0.05, 0.1) is 18.2 Å². The largest absolute Gasteiger partial charge is 0.497 e. The van der Waals surface area contributed by atoms with Crippen molar-refractivity contribution in [3.63, 3.8) is 0 Å². The minimum absolute atomic E-state index is 0.178. The van der Waals surface area contributed by atoms with Crippen LogP contribution in [0, 0.1) is 0 Å². The number of rotatable bonds is 5. The summed E-state index contributed by atoms with van der Waals surface area (Å²) in [6, 6.07) is 15.1. The molecule has 136 valence electrons. The van der Waals surface area contributed by atoms with Crippen molar-refractivity contribution in [3.8, 4) is 22.9 Å². The van der Waals surface area contributed by atoms with Crippen molar-refractivity contribution in [1.29, 1.82) is 0 Å². The zero-order valence-corrected chi connectivity index (χ0v) is 15.7. The molecule has 0 atom stereocenters. The monoisotopic (exact) mass is 379 g/mol. The van der Waals surface area contributed by atoms with Gasteiger partial charge in [-0.3, -0.25) is 4.79 Å². The van der Waals surface area contributed by atoms with E-state index < -0.39 is 0 Å². The second kappa shape index (κ2) is 7.20. The van der Waals surface area contributed by atoms with Gasteiger partial charge in [0.25, 0.3) is 5.56 Å². The molecular formula is C20H17N3O3S. The summed E-state index contributed by atoms with van der Waals surface area (Å²) < 4.78 is 12.6. The van der Waals surface area contributed by atoms with Gasteiger partial charge in [-0.2, -0.15) is 9.50 Å². The average Bonchev–Trinajstić information content (AvgIpc) is 3.23. The third-order valence-electron chi connectivity index (χ3n) is 4.00. The highest BCUT2D eigenvalue weighted by atomic mass is 32.1. The predicted octanol–water partition coefficient (Wildman–Crippen LogP) is 2.77. The molecule has 2 heterocycles. The number of methoxy groups -OCH3 is 1. The first kappa shape index (κ1) is 17.2. The van der Waals surface area contributed by atoms with E-state index in [-0.39, 0.29) is 5.56 Å². The van der Waals surface area contributed by atoms with E-state index in [1.165, 1.54) is 15.9 Å². The molecule has 0 aliphatic heterocycles. The zero-order chi connectivity index (χ0) is 18.8. The number of aromatic nitrogens is 3. The Bertz CT molecular complexity index is 1200. The highest BCUT2D eigenvalue weighted by Gasteiger charge is 2.12. The second-order valence-corrected chi connectivity index (χ2v) is 6.79. The van der Waals surface area contributed by atoms with Crippen LogP contribution in [-0.4, -0.2) is 28.3 Å². The van der Waals surface area contributed by atoms with Crippen molar-refractivity contribution < 1.29 is 9.47 Å². The summed E-state index contributed by atoms with van der Waals surface area (Å²) in [5, 5.41) is 4.37. The molecule has 4 rings (SSSR count). The van der Waals surface area contributed by atoms with Crippen molar-refractivity contribution in [1.82, 2.24) is 14.6 Å². The van der Waals surface area contributed by atoms with Crippen LogP contribution >= 0.6 is 11.3 Å². The third kappa shape index (κ3) is 3.41. The fourth-order valence-corrected chi connectivity index (χ4v) is 3.61. The van der Waals surface area contributed by atoms with Crippen molar-refractivity contribution >= 4 is 22.4 Å². The van der Waals surface area contributed by atoms with Crippen LogP contribution in [0.25, 0.3) is 22.4 Å². The van der Waals surface area contributed by atoms with E-state index in [1.807, 2.05) is 61.5 Å². The molecule has 2 aromatic carbocycles. The van der Waals surface area contributed by atoms with E-state index >= 15 is 0 Å². The molecule has 0 spiro atoms. The molecule has 27 heavy (non-hydrogen) atoms. The molecule has 2 aromatic heterocycles. The molecule has 4 aromatic rings. The first-order valence-corrected chi connectivity index (χ1v) is 9.28. The zero-order valence-electron chi connectivity index (χ0n) is 14.9. The van der Waals surface area contributed by atoms with E-state index in [0.717, 1.165) is 22.6 Å². The lowest BCUT2D eigenvalue weighted by Crippen LogP contribution is -2.23. The minimum atomic E-state index is -0.178. The first-order chi connectivity index (χ1) is 13.2. The predicted molar refractivity (Wildman–Crippen MR) is 106 cm³/mol. The van der Waals surface area contributed by atoms with Crippen LogP contribution in [0.2, 0.25) is 0 Å². The van der Waals surface area contributed by atoms with Gasteiger partial charge in [-0.05, 0) is 55.0 Å². The highest BCUT2D eigenvalue weighted by molar-refractivity contribution is 7.15. The van der Waals surface area contributed by atoms with Gasteiger partial charge >= 0.3 is 0 Å². The number of hydrogen-bond acceptors (Lipinski definition) is 6. The molecule has 0 radical (unpaired) electrons. The molecule has 0 fully saturated rings. The molecule has 6 nitrogen and oxygen atoms in total. The lowest BCUT2D eigenvalue weighted by Gasteiger charge is -2.02. The summed E-state index contributed by atoms with van der Waals surface area (Å²) in [7, 11) is 1.61. The quantitative estimate of drug-likeness (QED) is 0.533. The fraction of sp³-hybridized carbons (Fsp3) is 0.150. The van der Waals surface area contributed by atoms with Crippen LogP contribution in [0.3, 0.4) is 0 Å². The lowest BCUT2D eigenvalue weighted by atomic mass is 10.2. The molecule has 0 N–H and O–H groups in total. The van der Waals surface area contributed by atoms with Crippen LogP contribution in [0.4, 0.5) is 0 Å². The molecule has 0 unspecified atom stereocenters. The number of hydrogen-bond donors (Lipinski definition) is 0. The van der Waals surface area contributed by atoms with Gasteiger partial charge < -0.3 is 9.47 Å². The lowest BCUT2D eigenvalue weighted by molar-refractivity contribution is 0.340. The SMILES string of the molecule is CCOc1ccc(-c2nc3sc(=Cc4cccc(OC)c4)c(=O)n3n2)cc1. The summed E-state index contributed by atoms with van der Waals surface area (Å²) in [4.78, 5) is 17.7. The van der Waals surface area contributed by atoms with E-state index in [0.29, 0.717) is 21.9 Å². The van der Waals surface area contributed by atoms with Gasteiger partial charge in [0.2, 0.25) is 4.96 Å². The van der Waals surface area contributed by atoms with E-state index in [2.05, 4.69) is 10.1 Å². The average molecular weight is 379 g/mol. The minimum Gasteiger partial charge on any atom is -0.497 e. The Balaban J connectivity index is 1.71. The third-order valence-corrected chi connectivity index (χ3v) is 4.96. The first-order valence-electron chi connectivity index (χ1n) is 8.46. The molecule has 0 saturated carbocycles. The second-order valence-electron chi connectivity index (χ2n) is 5.78. The Hall–Kier alpha value is -3.19. The van der Waals surface area contributed by atoms with Gasteiger partial charge in [0.15, 0.2) is 5.82 Å². The van der Waals surface area contributed by atoms with Gasteiger partial charge in [-0.15, -0.1) is 5.10 Å². The molecular weight excluding hydrogens is 362 g/mol. The summed E-state index contributed by atoms with van der Waals surface area (Å²) in [6.45, 7) is 2.55. The summed E-state index contributed by atoms with van der Waals surface area (Å²) in [6.07, 6.45) is 1.82. The van der Waals surface area contributed by atoms with Crippen molar-refractivity contribution in [2.75, 3.05) is 13.7 Å².